The van der Waals surface area contributed by atoms with Gasteiger partial charge in [-0.15, -0.1) is 0 Å². The average Bonchev–Trinajstić information content (AvgIpc) is 3.00. The van der Waals surface area contributed by atoms with Crippen molar-refractivity contribution < 1.29 is 86.0 Å². The second-order valence-corrected chi connectivity index (χ2v) is 10.8. The largest absolute Gasteiger partial charge is 0.463 e. The van der Waals surface area contributed by atoms with Crippen LogP contribution in [-0.2, 0) is 76.1 Å². The molecule has 1 unspecified atom stereocenters. The lowest BCUT2D eigenvalue weighted by Crippen LogP contribution is -2.67. The zero-order valence-corrected chi connectivity index (χ0v) is 27.5. The molecule has 49 heavy (non-hydrogen) atoms. The maximum absolute atomic E-state index is 12.6. The quantitative estimate of drug-likeness (QED) is 0.222. The van der Waals surface area contributed by atoms with Gasteiger partial charge in [-0.3, -0.25) is 28.8 Å². The topological polar surface area (TPSA) is 232 Å². The van der Waals surface area contributed by atoms with Gasteiger partial charge in [-0.1, -0.05) is 18.2 Å². The molecule has 0 radical (unpaired) electrons. The smallest absolute Gasteiger partial charge is 0.338 e. The second kappa shape index (κ2) is 17.7. The van der Waals surface area contributed by atoms with Crippen molar-refractivity contribution in [1.29, 1.82) is 0 Å². The fourth-order valence-electron chi connectivity index (χ4n) is 5.10. The van der Waals surface area contributed by atoms with Gasteiger partial charge < -0.3 is 52.5 Å². The van der Waals surface area contributed by atoms with Gasteiger partial charge >= 0.3 is 41.8 Å². The summed E-state index contributed by atoms with van der Waals surface area (Å²) in [6.07, 6.45) is -16.6. The van der Waals surface area contributed by atoms with Crippen molar-refractivity contribution in [2.45, 2.75) is 103 Å². The highest BCUT2D eigenvalue weighted by Crippen LogP contribution is 2.34. The van der Waals surface area contributed by atoms with Crippen molar-refractivity contribution in [2.75, 3.05) is 13.2 Å². The number of esters is 7. The SMILES string of the molecule is CC(=O)OC[C@H]1O[C@H](O[C@@H]2C(O)O[C@H](COC(=O)c3ccccc3)[C@@H](OC(C)=O)[C@@H]2OC(C)=O)[C@H](OC(C)=O)[C@@H](OC(C)=O)[C@H]1OC(C)=O. The first kappa shape index (κ1) is 38.8. The molecule has 3 rings (SSSR count). The molecule has 0 bridgehead atoms. The highest BCUT2D eigenvalue weighted by Gasteiger charge is 2.57. The molecular formula is C31H38O18. The minimum atomic E-state index is -2.02. The zero-order valence-electron chi connectivity index (χ0n) is 27.5. The number of ether oxygens (including phenoxy) is 10. The maximum atomic E-state index is 12.6. The number of benzene rings is 1. The number of carbonyl (C=O) groups is 7. The lowest BCUT2D eigenvalue weighted by molar-refractivity contribution is -0.363. The van der Waals surface area contributed by atoms with E-state index < -0.39 is 116 Å². The summed E-state index contributed by atoms with van der Waals surface area (Å²) in [5.74, 6) is -6.06. The van der Waals surface area contributed by atoms with Crippen LogP contribution >= 0.6 is 0 Å². The van der Waals surface area contributed by atoms with Gasteiger partial charge in [-0.25, -0.2) is 4.79 Å². The van der Waals surface area contributed by atoms with E-state index in [2.05, 4.69) is 0 Å². The molecule has 2 fully saturated rings. The van der Waals surface area contributed by atoms with E-state index in [-0.39, 0.29) is 5.56 Å². The minimum Gasteiger partial charge on any atom is -0.463 e. The first-order valence-corrected chi connectivity index (χ1v) is 14.9. The van der Waals surface area contributed by atoms with Crippen LogP contribution in [0, 0.1) is 0 Å². The highest BCUT2D eigenvalue weighted by molar-refractivity contribution is 5.89. The van der Waals surface area contributed by atoms with Crippen LogP contribution in [0.2, 0.25) is 0 Å². The van der Waals surface area contributed by atoms with E-state index in [1.807, 2.05) is 0 Å². The number of aliphatic hydroxyl groups is 1. The molecule has 2 aliphatic rings. The predicted molar refractivity (Wildman–Crippen MR) is 156 cm³/mol. The Morgan fingerprint density at radius 1 is 0.551 bits per heavy atom. The second-order valence-electron chi connectivity index (χ2n) is 10.8. The molecule has 2 aliphatic heterocycles. The molecule has 270 valence electrons. The van der Waals surface area contributed by atoms with Gasteiger partial charge in [0.2, 0.25) is 0 Å². The van der Waals surface area contributed by atoms with Crippen LogP contribution in [0.15, 0.2) is 30.3 Å². The van der Waals surface area contributed by atoms with E-state index >= 15 is 0 Å². The molecule has 18 heteroatoms. The van der Waals surface area contributed by atoms with Crippen molar-refractivity contribution in [1.82, 2.24) is 0 Å². The Morgan fingerprint density at radius 2 is 0.980 bits per heavy atom. The van der Waals surface area contributed by atoms with Gasteiger partial charge in [0, 0.05) is 41.5 Å². The minimum absolute atomic E-state index is 0.185. The van der Waals surface area contributed by atoms with Crippen molar-refractivity contribution >= 4 is 41.8 Å². The van der Waals surface area contributed by atoms with Gasteiger partial charge in [0.1, 0.15) is 25.4 Å². The van der Waals surface area contributed by atoms with Crippen LogP contribution in [0.5, 0.6) is 0 Å². The summed E-state index contributed by atoms with van der Waals surface area (Å²) in [5.41, 5.74) is 0.185. The third-order valence-electron chi connectivity index (χ3n) is 6.84. The molecule has 0 spiro atoms. The fraction of sp³-hybridized carbons (Fsp3) is 0.581. The number of hydrogen-bond acceptors (Lipinski definition) is 18. The molecule has 0 saturated carbocycles. The first-order valence-electron chi connectivity index (χ1n) is 14.9. The number of aliphatic hydroxyl groups excluding tert-OH is 1. The predicted octanol–water partition coefficient (Wildman–Crippen LogP) is -0.108. The van der Waals surface area contributed by atoms with E-state index in [9.17, 15) is 38.7 Å². The van der Waals surface area contributed by atoms with Crippen molar-refractivity contribution in [2.24, 2.45) is 0 Å². The van der Waals surface area contributed by atoms with E-state index in [0.29, 0.717) is 0 Å². The lowest BCUT2D eigenvalue weighted by Gasteiger charge is -2.48. The molecule has 18 nitrogen and oxygen atoms in total. The summed E-state index contributed by atoms with van der Waals surface area (Å²) in [6.45, 7) is 5.04. The number of hydrogen-bond donors (Lipinski definition) is 1. The maximum Gasteiger partial charge on any atom is 0.338 e. The van der Waals surface area contributed by atoms with Crippen LogP contribution in [-0.4, -0.2) is 122 Å². The molecule has 2 heterocycles. The first-order chi connectivity index (χ1) is 23.1. The molecule has 1 aromatic carbocycles. The van der Waals surface area contributed by atoms with Gasteiger partial charge in [0.25, 0.3) is 0 Å². The van der Waals surface area contributed by atoms with E-state index in [1.165, 1.54) is 12.1 Å². The van der Waals surface area contributed by atoms with Crippen LogP contribution in [0.4, 0.5) is 0 Å². The molecular weight excluding hydrogens is 660 g/mol. The molecule has 0 aromatic heterocycles. The van der Waals surface area contributed by atoms with E-state index in [4.69, 9.17) is 47.4 Å². The van der Waals surface area contributed by atoms with Crippen molar-refractivity contribution in [3.8, 4) is 0 Å². The van der Waals surface area contributed by atoms with Gasteiger partial charge in [0.05, 0.1) is 5.56 Å². The van der Waals surface area contributed by atoms with Gasteiger partial charge in [-0.2, -0.15) is 0 Å². The lowest BCUT2D eigenvalue weighted by atomic mass is 9.96. The monoisotopic (exact) mass is 698 g/mol. The normalized spacial score (nSPS) is 29.4. The van der Waals surface area contributed by atoms with Crippen molar-refractivity contribution in [3.05, 3.63) is 35.9 Å². The molecule has 0 aliphatic carbocycles. The average molecular weight is 699 g/mol. The summed E-state index contributed by atoms with van der Waals surface area (Å²) >= 11 is 0. The summed E-state index contributed by atoms with van der Waals surface area (Å²) in [6, 6.07) is 7.86. The van der Waals surface area contributed by atoms with E-state index in [0.717, 1.165) is 41.5 Å². The summed E-state index contributed by atoms with van der Waals surface area (Å²) in [7, 11) is 0. The zero-order chi connectivity index (χ0) is 36.4. The van der Waals surface area contributed by atoms with Crippen LogP contribution in [0.3, 0.4) is 0 Å². The highest BCUT2D eigenvalue weighted by atomic mass is 16.8. The molecule has 1 N–H and O–H groups in total. The summed E-state index contributed by atoms with van der Waals surface area (Å²) in [5, 5.41) is 11.2. The fourth-order valence-corrected chi connectivity index (χ4v) is 5.10. The Labute approximate surface area is 280 Å². The molecule has 10 atom stereocenters. The van der Waals surface area contributed by atoms with Crippen molar-refractivity contribution in [3.63, 3.8) is 0 Å². The molecule has 0 amide bonds. The number of rotatable bonds is 12. The standard InChI is InChI=1S/C31H38O18/c1-14(32)40-12-22-24(43-16(3)34)26(45-18(5)36)28(46-19(6)37)31(48-22)49-27-25(44-17(4)35)23(42-15(2)33)21(47-30(27)39)13-41-29(38)20-10-8-7-9-11-20/h7-11,21-28,30-31,39H,12-13H2,1-6H3/t21-,22-,23-,24+,25+,26+,27+,28-,30?,31-/m1/s1. The summed E-state index contributed by atoms with van der Waals surface area (Å²) in [4.78, 5) is 85.2. The Hall–Kier alpha value is -4.65. The Morgan fingerprint density at radius 3 is 1.47 bits per heavy atom. The molecule has 2 saturated heterocycles. The molecule has 1 aromatic rings. The van der Waals surface area contributed by atoms with Crippen LogP contribution < -0.4 is 0 Å². The Balaban J connectivity index is 2.01. The Kier molecular flexibility index (Phi) is 14.0. The third-order valence-corrected chi connectivity index (χ3v) is 6.84. The van der Waals surface area contributed by atoms with E-state index in [1.54, 1.807) is 18.2 Å². The van der Waals surface area contributed by atoms with Gasteiger partial charge in [0.15, 0.2) is 49.2 Å². The van der Waals surface area contributed by atoms with Crippen LogP contribution in [0.25, 0.3) is 0 Å². The summed E-state index contributed by atoms with van der Waals surface area (Å²) < 4.78 is 54.9. The van der Waals surface area contributed by atoms with Gasteiger partial charge in [-0.05, 0) is 12.1 Å². The third kappa shape index (κ3) is 11.2. The Bertz CT molecular complexity index is 1360. The van der Waals surface area contributed by atoms with Crippen LogP contribution in [0.1, 0.15) is 51.9 Å². The number of carbonyl (C=O) groups excluding carboxylic acids is 7.